The van der Waals surface area contributed by atoms with Crippen molar-refractivity contribution in [3.63, 3.8) is 0 Å². The maximum absolute atomic E-state index is 8.89. The first-order chi connectivity index (χ1) is 11.6. The number of aliphatic hydroxyl groups excluding tert-OH is 1. The summed E-state index contributed by atoms with van der Waals surface area (Å²) in [6.45, 7) is 0.171. The molecule has 0 saturated carbocycles. The zero-order chi connectivity index (χ0) is 16.7. The van der Waals surface area contributed by atoms with Crippen molar-refractivity contribution >= 4 is 49.3 Å². The number of hydrogen-bond acceptors (Lipinski definition) is 2. The van der Waals surface area contributed by atoms with E-state index in [1.54, 1.807) is 0 Å². The van der Waals surface area contributed by atoms with Crippen LogP contribution in [0.25, 0.3) is 33.2 Å². The maximum Gasteiger partial charge on any atom is 0.140 e. The first kappa shape index (κ1) is 15.6. The van der Waals surface area contributed by atoms with Gasteiger partial charge >= 0.3 is 0 Å². The normalized spacial score (nSPS) is 11.5. The number of aliphatic hydroxyl groups is 1. The van der Waals surface area contributed by atoms with Gasteiger partial charge in [-0.1, -0.05) is 33.6 Å². The van der Waals surface area contributed by atoms with Gasteiger partial charge in [0.1, 0.15) is 12.4 Å². The summed E-state index contributed by atoms with van der Waals surface area (Å²) in [6, 6.07) is 14.0. The van der Waals surface area contributed by atoms with Gasteiger partial charge in [-0.25, -0.2) is 0 Å². The van der Waals surface area contributed by atoms with Crippen LogP contribution in [0.1, 0.15) is 0 Å². The third-order valence-corrected chi connectivity index (χ3v) is 4.69. The molecule has 4 nitrogen and oxygen atoms in total. The maximum atomic E-state index is 8.89. The zero-order valence-electron chi connectivity index (χ0n) is 12.6. The Kier molecular flexibility index (Phi) is 4.00. The van der Waals surface area contributed by atoms with Crippen LogP contribution in [-0.2, 0) is 0 Å². The second-order valence-corrected chi connectivity index (χ2v) is 6.86. The van der Waals surface area contributed by atoms with Gasteiger partial charge in [0.05, 0.1) is 23.0 Å². The van der Waals surface area contributed by atoms with Crippen molar-refractivity contribution in [1.82, 2.24) is 9.97 Å². The van der Waals surface area contributed by atoms with Crippen molar-refractivity contribution in [2.24, 2.45) is 0 Å². The van der Waals surface area contributed by atoms with E-state index in [9.17, 15) is 0 Å². The molecule has 0 spiro atoms. The van der Waals surface area contributed by atoms with Gasteiger partial charge in [-0.05, 0) is 30.3 Å². The van der Waals surface area contributed by atoms with Crippen molar-refractivity contribution in [1.29, 1.82) is 0 Å². The molecule has 6 heteroatoms. The van der Waals surface area contributed by atoms with E-state index in [1.807, 2.05) is 18.2 Å². The number of fused-ring (bicyclic) bond motifs is 2. The van der Waals surface area contributed by atoms with E-state index >= 15 is 0 Å². The summed E-state index contributed by atoms with van der Waals surface area (Å²) in [5, 5.41) is 11.6. The molecule has 4 rings (SSSR count). The Morgan fingerprint density at radius 3 is 2.42 bits per heavy atom. The fourth-order valence-corrected chi connectivity index (χ4v) is 3.38. The number of aromatic amines is 2. The molecule has 0 aliphatic heterocycles. The Balaban J connectivity index is 1.78. The Morgan fingerprint density at radius 1 is 0.958 bits per heavy atom. The van der Waals surface area contributed by atoms with E-state index in [4.69, 9.17) is 21.4 Å². The predicted octanol–water partition coefficient (Wildman–Crippen LogP) is 5.10. The second kappa shape index (κ2) is 6.16. The minimum atomic E-state index is -0.0467. The van der Waals surface area contributed by atoms with Crippen LogP contribution in [0.2, 0.25) is 5.02 Å². The summed E-state index contributed by atoms with van der Waals surface area (Å²) in [6.07, 6.45) is 0. The van der Waals surface area contributed by atoms with Gasteiger partial charge in [0.2, 0.25) is 0 Å². The van der Waals surface area contributed by atoms with E-state index in [0.29, 0.717) is 10.8 Å². The molecule has 3 N–H and O–H groups in total. The number of halogens is 2. The van der Waals surface area contributed by atoms with Gasteiger partial charge in [-0.3, -0.25) is 0 Å². The molecule has 2 aromatic carbocycles. The van der Waals surface area contributed by atoms with Crippen molar-refractivity contribution < 1.29 is 9.84 Å². The number of ether oxygens (including phenoxy) is 1. The lowest BCUT2D eigenvalue weighted by Gasteiger charge is -2.06. The topological polar surface area (TPSA) is 61.0 Å². The van der Waals surface area contributed by atoms with E-state index in [-0.39, 0.29) is 13.2 Å². The van der Waals surface area contributed by atoms with Crippen molar-refractivity contribution in [2.75, 3.05) is 13.2 Å². The van der Waals surface area contributed by atoms with Crippen LogP contribution in [-0.4, -0.2) is 28.3 Å². The van der Waals surface area contributed by atoms with Crippen LogP contribution in [0.15, 0.2) is 46.9 Å². The second-order valence-electron chi connectivity index (χ2n) is 5.54. The highest BCUT2D eigenvalue weighted by atomic mass is 79.9. The summed E-state index contributed by atoms with van der Waals surface area (Å²) in [5.74, 6) is 0.562. The highest BCUT2D eigenvalue weighted by Gasteiger charge is 2.10. The van der Waals surface area contributed by atoms with Gasteiger partial charge in [-0.2, -0.15) is 0 Å². The number of aromatic nitrogens is 2. The van der Waals surface area contributed by atoms with E-state index in [1.165, 1.54) is 0 Å². The molecule has 0 amide bonds. The van der Waals surface area contributed by atoms with Crippen molar-refractivity contribution in [3.05, 3.63) is 52.0 Å². The molecule has 0 aliphatic rings. The summed E-state index contributed by atoms with van der Waals surface area (Å²) in [5.41, 5.74) is 3.99. The van der Waals surface area contributed by atoms with Gasteiger partial charge in [0.15, 0.2) is 0 Å². The van der Waals surface area contributed by atoms with Crippen molar-refractivity contribution in [2.45, 2.75) is 0 Å². The third-order valence-electron chi connectivity index (χ3n) is 3.90. The molecule has 0 bridgehead atoms. The Bertz CT molecular complexity index is 1040. The highest BCUT2D eigenvalue weighted by Crippen LogP contribution is 2.33. The number of nitrogens with one attached hydrogen (secondary N) is 2. The predicted molar refractivity (Wildman–Crippen MR) is 101 cm³/mol. The quantitative estimate of drug-likeness (QED) is 0.442. The van der Waals surface area contributed by atoms with E-state index < -0.39 is 0 Å². The minimum absolute atomic E-state index is 0.0467. The summed E-state index contributed by atoms with van der Waals surface area (Å²) in [7, 11) is 0. The van der Waals surface area contributed by atoms with Gasteiger partial charge in [0, 0.05) is 32.3 Å². The lowest BCUT2D eigenvalue weighted by Crippen LogP contribution is -2.01. The molecule has 0 fully saturated rings. The molecule has 2 heterocycles. The summed E-state index contributed by atoms with van der Waals surface area (Å²) < 4.78 is 6.49. The molecule has 0 aliphatic carbocycles. The lowest BCUT2D eigenvalue weighted by atomic mass is 10.2. The van der Waals surface area contributed by atoms with Crippen LogP contribution in [0.5, 0.6) is 5.75 Å². The smallest absolute Gasteiger partial charge is 0.140 e. The molecule has 0 saturated heterocycles. The molecule has 4 aromatic rings. The molecular formula is C18H14BrClN2O2. The molecule has 2 aromatic heterocycles. The van der Waals surface area contributed by atoms with Crippen LogP contribution >= 0.6 is 27.5 Å². The van der Waals surface area contributed by atoms with Crippen LogP contribution < -0.4 is 4.74 Å². The molecule has 0 atom stereocenters. The van der Waals surface area contributed by atoms with Gasteiger partial charge in [-0.15, -0.1) is 0 Å². The standard InChI is InChI=1S/C18H14BrClN2O2/c19-12-2-1-10-6-16(21-14(10)8-12)17-7-11-5-13(20)18(24-4-3-23)9-15(11)22-17/h1-2,5-9,21-23H,3-4H2. The SMILES string of the molecule is OCCOc1cc2[nH]c(-c3cc4ccc(Br)cc4[nH]3)cc2cc1Cl. The number of rotatable bonds is 4. The fraction of sp³-hybridized carbons (Fsp3) is 0.111. The monoisotopic (exact) mass is 404 g/mol. The Morgan fingerprint density at radius 2 is 1.67 bits per heavy atom. The van der Waals surface area contributed by atoms with Crippen LogP contribution in [0.4, 0.5) is 0 Å². The first-order valence-corrected chi connectivity index (χ1v) is 8.66. The van der Waals surface area contributed by atoms with Gasteiger partial charge in [0.25, 0.3) is 0 Å². The average molecular weight is 406 g/mol. The van der Waals surface area contributed by atoms with E-state index in [2.05, 4.69) is 50.2 Å². The minimum Gasteiger partial charge on any atom is -0.490 e. The zero-order valence-corrected chi connectivity index (χ0v) is 14.9. The molecular weight excluding hydrogens is 392 g/mol. The Hall–Kier alpha value is -1.95. The van der Waals surface area contributed by atoms with Crippen LogP contribution in [0, 0.1) is 0 Å². The summed E-state index contributed by atoms with van der Waals surface area (Å²) >= 11 is 9.73. The third kappa shape index (κ3) is 2.79. The van der Waals surface area contributed by atoms with Crippen molar-refractivity contribution in [3.8, 4) is 17.1 Å². The molecule has 0 radical (unpaired) electrons. The lowest BCUT2D eigenvalue weighted by molar-refractivity contribution is 0.201. The molecule has 24 heavy (non-hydrogen) atoms. The largest absolute Gasteiger partial charge is 0.490 e. The summed E-state index contributed by atoms with van der Waals surface area (Å²) in [4.78, 5) is 6.81. The number of H-pyrrole nitrogens is 2. The molecule has 122 valence electrons. The highest BCUT2D eigenvalue weighted by molar-refractivity contribution is 9.10. The first-order valence-electron chi connectivity index (χ1n) is 7.48. The molecule has 0 unspecified atom stereocenters. The van der Waals surface area contributed by atoms with Gasteiger partial charge < -0.3 is 19.8 Å². The fourth-order valence-electron chi connectivity index (χ4n) is 2.79. The number of hydrogen-bond donors (Lipinski definition) is 3. The number of benzene rings is 2. The Labute approximate surface area is 151 Å². The van der Waals surface area contributed by atoms with Crippen LogP contribution in [0.3, 0.4) is 0 Å². The van der Waals surface area contributed by atoms with E-state index in [0.717, 1.165) is 37.7 Å². The average Bonchev–Trinajstić information content (AvgIpc) is 3.15.